The Morgan fingerprint density at radius 2 is 1.02 bits per heavy atom. The molecular weight excluding hydrogens is 623 g/mol. The van der Waals surface area contributed by atoms with E-state index in [-0.39, 0.29) is 24.8 Å². The van der Waals surface area contributed by atoms with E-state index in [0.717, 1.165) is 7.25 Å². The zero-order valence-electron chi connectivity index (χ0n) is 26.6. The Hall–Kier alpha value is -0.400. The van der Waals surface area contributed by atoms with Crippen molar-refractivity contribution in [2.75, 3.05) is 0 Å². The Balaban J connectivity index is 0.00000220. The summed E-state index contributed by atoms with van der Waals surface area (Å²) in [6, 6.07) is 12.9. The first kappa shape index (κ1) is 34.1. The second-order valence-electron chi connectivity index (χ2n) is 13.3. The van der Waals surface area contributed by atoms with Gasteiger partial charge in [0.15, 0.2) is 0 Å². The summed E-state index contributed by atoms with van der Waals surface area (Å²) >= 11 is -0.836. The summed E-state index contributed by atoms with van der Waals surface area (Å²) in [7, 11) is -2.03. The summed E-state index contributed by atoms with van der Waals surface area (Å²) < 4.78 is 1.49. The van der Waals surface area contributed by atoms with Gasteiger partial charge in [0.2, 0.25) is 0 Å². The van der Waals surface area contributed by atoms with E-state index in [9.17, 15) is 0 Å². The fourth-order valence-corrected chi connectivity index (χ4v) is 21.2. The van der Waals surface area contributed by atoms with Crippen molar-refractivity contribution in [3.8, 4) is 0 Å². The molecule has 216 valence electrons. The van der Waals surface area contributed by atoms with E-state index in [0.29, 0.717) is 11.8 Å². The average Bonchev–Trinajstić information content (AvgIpc) is 3.35. The van der Waals surface area contributed by atoms with Crippen LogP contribution in [0.3, 0.4) is 0 Å². The van der Waals surface area contributed by atoms with E-state index in [1.165, 1.54) is 37.8 Å². The number of unbranched alkanes of at least 4 members (excludes halogenated alkanes) is 2. The van der Waals surface area contributed by atoms with Crippen molar-refractivity contribution >= 4 is 18.5 Å². The smallest absolute Gasteiger partial charge is 1.00 e. The van der Waals surface area contributed by atoms with E-state index in [1.807, 2.05) is 21.5 Å². The number of allylic oxidation sites excluding steroid dienone is 2. The van der Waals surface area contributed by atoms with Gasteiger partial charge in [0, 0.05) is 0 Å². The summed E-state index contributed by atoms with van der Waals surface area (Å²) in [5.41, 5.74) is 17.3. The molecule has 1 heterocycles. The second kappa shape index (κ2) is 13.1. The summed E-state index contributed by atoms with van der Waals surface area (Å²) in [5, 5.41) is 3.87. The first-order chi connectivity index (χ1) is 18.1. The zero-order valence-corrected chi connectivity index (χ0v) is 31.6. The Bertz CT molecular complexity index is 1230. The molecule has 0 nitrogen and oxygen atoms in total. The molecular formula is C36H50Cl2SiZr. The molecule has 0 fully saturated rings. The molecule has 0 aromatic heterocycles. The average molecular weight is 673 g/mol. The molecule has 0 spiro atoms. The fraction of sp³-hybridized carbons (Fsp3) is 0.556. The first-order valence-corrected chi connectivity index (χ1v) is 20.8. The van der Waals surface area contributed by atoms with Gasteiger partial charge >= 0.3 is 248 Å². The first-order valence-electron chi connectivity index (χ1n) is 15.6. The van der Waals surface area contributed by atoms with Crippen LogP contribution in [-0.4, -0.2) is 8.07 Å². The van der Waals surface area contributed by atoms with Crippen molar-refractivity contribution in [2.45, 2.75) is 126 Å². The molecule has 0 N–H and O–H groups in total. The van der Waals surface area contributed by atoms with E-state index < -0.39 is 31.3 Å². The van der Waals surface area contributed by atoms with E-state index >= 15 is 0 Å². The molecule has 2 aromatic carbocycles. The van der Waals surface area contributed by atoms with Crippen LogP contribution in [0, 0.1) is 13.8 Å². The standard InChI is InChI=1S/C36H50Si.2ClH.Zr/c1-11-13-19-37(20-14-12-2,35-27(9)21-31-25(7)15-17-29(23(3)4)33(31)35)36-28(10)22-32-26(8)16-18-30(24(5)6)34(32)36;;;/h15-18,21-24H,11-14,19-20H2,1-10H3;2*1H;/q;;;+2/p-2. The third-order valence-electron chi connectivity index (χ3n) is 10.2. The molecule has 0 saturated heterocycles. The number of hydrogen-bond donors (Lipinski definition) is 0. The van der Waals surface area contributed by atoms with Crippen LogP contribution in [0.2, 0.25) is 12.1 Å². The molecule has 0 amide bonds. The molecule has 40 heavy (non-hydrogen) atoms. The summed E-state index contributed by atoms with van der Waals surface area (Å²) in [5.74, 6) is 1.16. The van der Waals surface area contributed by atoms with Gasteiger partial charge in [-0.15, -0.1) is 0 Å². The topological polar surface area (TPSA) is 0 Å². The van der Waals surface area contributed by atoms with E-state index in [1.54, 1.807) is 44.5 Å². The van der Waals surface area contributed by atoms with Gasteiger partial charge in [-0.05, 0) is 0 Å². The molecule has 2 aliphatic carbocycles. The molecule has 1 aliphatic heterocycles. The number of rotatable bonds is 8. The fourth-order valence-electron chi connectivity index (χ4n) is 8.39. The molecule has 2 unspecified atom stereocenters. The van der Waals surface area contributed by atoms with Gasteiger partial charge in [-0.1, -0.05) is 0 Å². The third kappa shape index (κ3) is 5.08. The van der Waals surface area contributed by atoms with Crippen molar-refractivity contribution in [2.24, 2.45) is 0 Å². The maximum atomic E-state index is 2.62. The van der Waals surface area contributed by atoms with Crippen molar-refractivity contribution in [3.63, 3.8) is 0 Å². The molecule has 0 saturated carbocycles. The van der Waals surface area contributed by atoms with Gasteiger partial charge < -0.3 is 24.8 Å². The number of hydrogen-bond acceptors (Lipinski definition) is 0. The minimum atomic E-state index is -2.03. The van der Waals surface area contributed by atoms with Crippen LogP contribution < -0.4 is 24.8 Å². The van der Waals surface area contributed by atoms with Crippen LogP contribution >= 0.6 is 0 Å². The maximum Gasteiger partial charge on any atom is -1.00 e. The van der Waals surface area contributed by atoms with Crippen molar-refractivity contribution in [1.82, 2.24) is 0 Å². The Morgan fingerprint density at radius 3 is 1.35 bits per heavy atom. The molecule has 0 radical (unpaired) electrons. The maximum absolute atomic E-state index is 2.62. The van der Waals surface area contributed by atoms with Gasteiger partial charge in [0.05, 0.1) is 0 Å². The molecule has 2 atom stereocenters. The SMILES string of the molecule is CCCC[Si]1(CCCC)C2=C(C)[CH]([Zr+2][CH]3C(C)=C1c1c(C(C)C)ccc(C)c13)c1c(C)ccc(C(C)C)c12.[Cl-].[Cl-]. The minimum absolute atomic E-state index is 0. The van der Waals surface area contributed by atoms with Gasteiger partial charge in [-0.2, -0.15) is 0 Å². The van der Waals surface area contributed by atoms with Crippen LogP contribution in [0.15, 0.2) is 35.4 Å². The second-order valence-corrected chi connectivity index (χ2v) is 21.1. The van der Waals surface area contributed by atoms with Gasteiger partial charge in [0.1, 0.15) is 0 Å². The molecule has 2 aromatic rings. The van der Waals surface area contributed by atoms with Gasteiger partial charge in [-0.25, -0.2) is 0 Å². The van der Waals surface area contributed by atoms with Crippen LogP contribution in [-0.2, 0) is 23.2 Å². The van der Waals surface area contributed by atoms with Gasteiger partial charge in [-0.3, -0.25) is 0 Å². The number of benzene rings is 2. The van der Waals surface area contributed by atoms with E-state index in [2.05, 4.69) is 93.5 Å². The number of fused-ring (bicyclic) bond motifs is 8. The number of halogens is 2. The Kier molecular flexibility index (Phi) is 11.1. The van der Waals surface area contributed by atoms with Crippen molar-refractivity contribution < 1.29 is 48.0 Å². The largest absolute Gasteiger partial charge is 1.00 e. The van der Waals surface area contributed by atoms with Crippen LogP contribution in [0.25, 0.3) is 10.4 Å². The minimum Gasteiger partial charge on any atom is -1.00 e. The Morgan fingerprint density at radius 1 is 0.650 bits per heavy atom. The van der Waals surface area contributed by atoms with Crippen molar-refractivity contribution in [1.29, 1.82) is 0 Å². The molecule has 5 rings (SSSR count). The van der Waals surface area contributed by atoms with Crippen LogP contribution in [0.5, 0.6) is 0 Å². The van der Waals surface area contributed by atoms with Crippen LogP contribution in [0.1, 0.15) is 145 Å². The summed E-state index contributed by atoms with van der Waals surface area (Å²) in [6.45, 7) is 24.7. The molecule has 4 heteroatoms. The van der Waals surface area contributed by atoms with Crippen LogP contribution in [0.4, 0.5) is 0 Å². The Labute approximate surface area is 270 Å². The molecule has 4 bridgehead atoms. The molecule has 3 aliphatic rings. The van der Waals surface area contributed by atoms with Gasteiger partial charge in [0.25, 0.3) is 0 Å². The monoisotopic (exact) mass is 670 g/mol. The zero-order chi connectivity index (χ0) is 27.5. The third-order valence-corrected chi connectivity index (χ3v) is 21.0. The summed E-state index contributed by atoms with van der Waals surface area (Å²) in [4.78, 5) is 0. The number of aryl methyl sites for hydroxylation is 2. The van der Waals surface area contributed by atoms with E-state index in [4.69, 9.17) is 0 Å². The summed E-state index contributed by atoms with van der Waals surface area (Å²) in [6.07, 6.45) is 5.35. The predicted molar refractivity (Wildman–Crippen MR) is 166 cm³/mol. The normalized spacial score (nSPS) is 19.9. The predicted octanol–water partition coefficient (Wildman–Crippen LogP) is 5.14. The quantitative estimate of drug-likeness (QED) is 0.341. The van der Waals surface area contributed by atoms with Crippen molar-refractivity contribution in [3.05, 3.63) is 79.9 Å².